The molecule has 0 atom stereocenters. The lowest BCUT2D eigenvalue weighted by Crippen LogP contribution is -2.26. The van der Waals surface area contributed by atoms with Gasteiger partial charge in [-0.2, -0.15) is 0 Å². The molecule has 2 N–H and O–H groups in total. The van der Waals surface area contributed by atoms with E-state index in [0.29, 0.717) is 6.54 Å². The number of amides is 1. The number of hydrogen-bond acceptors (Lipinski definition) is 2. The second-order valence-corrected chi connectivity index (χ2v) is 3.62. The molecule has 0 radical (unpaired) electrons. The van der Waals surface area contributed by atoms with Crippen molar-refractivity contribution in [1.82, 2.24) is 5.32 Å². The summed E-state index contributed by atoms with van der Waals surface area (Å²) < 4.78 is 26.3. The molecule has 3 nitrogen and oxygen atoms in total. The first-order valence-corrected chi connectivity index (χ1v) is 5.59. The molecule has 1 rings (SSSR count). The van der Waals surface area contributed by atoms with Gasteiger partial charge in [-0.05, 0) is 18.6 Å². The number of anilines is 1. The van der Waals surface area contributed by atoms with E-state index in [2.05, 4.69) is 10.6 Å². The average molecular weight is 242 g/mol. The number of rotatable bonds is 6. The van der Waals surface area contributed by atoms with Crippen LogP contribution in [0.2, 0.25) is 0 Å². The van der Waals surface area contributed by atoms with Crippen LogP contribution in [0.1, 0.15) is 19.8 Å². The molecule has 0 unspecified atom stereocenters. The van der Waals surface area contributed by atoms with Gasteiger partial charge in [0.1, 0.15) is 17.3 Å². The number of hydrogen-bond donors (Lipinski definition) is 2. The SMILES string of the molecule is CCCNC(=O)CCNc1c(F)cccc1F. The van der Waals surface area contributed by atoms with Crippen molar-refractivity contribution < 1.29 is 13.6 Å². The number of carbonyl (C=O) groups excluding carboxylic acids is 1. The molecule has 0 aliphatic carbocycles. The summed E-state index contributed by atoms with van der Waals surface area (Å²) in [5, 5.41) is 5.26. The van der Waals surface area contributed by atoms with E-state index in [9.17, 15) is 13.6 Å². The minimum absolute atomic E-state index is 0.129. The third-order valence-electron chi connectivity index (χ3n) is 2.19. The van der Waals surface area contributed by atoms with Gasteiger partial charge < -0.3 is 10.6 Å². The second kappa shape index (κ2) is 6.83. The predicted molar refractivity (Wildman–Crippen MR) is 62.8 cm³/mol. The summed E-state index contributed by atoms with van der Waals surface area (Å²) in [7, 11) is 0. The third kappa shape index (κ3) is 4.38. The summed E-state index contributed by atoms with van der Waals surface area (Å²) in [5.74, 6) is -1.44. The van der Waals surface area contributed by atoms with E-state index in [4.69, 9.17) is 0 Å². The molecule has 0 aliphatic rings. The molecule has 1 aromatic rings. The molecule has 0 aliphatic heterocycles. The first kappa shape index (κ1) is 13.4. The van der Waals surface area contributed by atoms with Crippen molar-refractivity contribution in [2.24, 2.45) is 0 Å². The molecule has 0 spiro atoms. The van der Waals surface area contributed by atoms with E-state index in [1.807, 2.05) is 6.92 Å². The van der Waals surface area contributed by atoms with E-state index in [1.54, 1.807) is 0 Å². The second-order valence-electron chi connectivity index (χ2n) is 3.62. The molecule has 0 saturated heterocycles. The van der Waals surface area contributed by atoms with Gasteiger partial charge in [0.2, 0.25) is 5.91 Å². The van der Waals surface area contributed by atoms with Crippen LogP contribution < -0.4 is 10.6 Å². The highest BCUT2D eigenvalue weighted by molar-refractivity contribution is 5.76. The number of benzene rings is 1. The number of halogens is 2. The largest absolute Gasteiger partial charge is 0.380 e. The fourth-order valence-corrected chi connectivity index (χ4v) is 1.32. The molecule has 94 valence electrons. The summed E-state index contributed by atoms with van der Waals surface area (Å²) >= 11 is 0. The van der Waals surface area contributed by atoms with Crippen molar-refractivity contribution in [2.45, 2.75) is 19.8 Å². The minimum atomic E-state index is -0.654. The maximum atomic E-state index is 13.2. The van der Waals surface area contributed by atoms with E-state index in [1.165, 1.54) is 18.2 Å². The molecule has 1 aromatic carbocycles. The molecule has 0 bridgehead atoms. The third-order valence-corrected chi connectivity index (χ3v) is 2.19. The van der Waals surface area contributed by atoms with E-state index >= 15 is 0 Å². The van der Waals surface area contributed by atoms with Crippen molar-refractivity contribution in [3.8, 4) is 0 Å². The summed E-state index contributed by atoms with van der Waals surface area (Å²) in [4.78, 5) is 11.2. The Balaban J connectivity index is 2.38. The summed E-state index contributed by atoms with van der Waals surface area (Å²) in [5.41, 5.74) is -0.184. The van der Waals surface area contributed by atoms with E-state index in [-0.39, 0.29) is 24.6 Å². The molecule has 17 heavy (non-hydrogen) atoms. The smallest absolute Gasteiger partial charge is 0.221 e. The van der Waals surface area contributed by atoms with Gasteiger partial charge >= 0.3 is 0 Å². The minimum Gasteiger partial charge on any atom is -0.380 e. The fourth-order valence-electron chi connectivity index (χ4n) is 1.32. The van der Waals surface area contributed by atoms with Crippen LogP contribution in [-0.4, -0.2) is 19.0 Å². The van der Waals surface area contributed by atoms with Crippen molar-refractivity contribution >= 4 is 11.6 Å². The Morgan fingerprint density at radius 1 is 1.24 bits per heavy atom. The standard InChI is InChI=1S/C12H16F2N2O/c1-2-7-15-11(17)6-8-16-12-9(13)4-3-5-10(12)14/h3-5,16H,2,6-8H2,1H3,(H,15,17). The fraction of sp³-hybridized carbons (Fsp3) is 0.417. The van der Waals surface area contributed by atoms with Crippen LogP contribution in [0.3, 0.4) is 0 Å². The Hall–Kier alpha value is -1.65. The number of carbonyl (C=O) groups is 1. The van der Waals surface area contributed by atoms with Gasteiger partial charge in [-0.1, -0.05) is 13.0 Å². The van der Waals surface area contributed by atoms with Gasteiger partial charge in [0.15, 0.2) is 0 Å². The van der Waals surface area contributed by atoms with Crippen molar-refractivity contribution in [3.63, 3.8) is 0 Å². The van der Waals surface area contributed by atoms with Crippen molar-refractivity contribution in [1.29, 1.82) is 0 Å². The monoisotopic (exact) mass is 242 g/mol. The Morgan fingerprint density at radius 3 is 2.47 bits per heavy atom. The topological polar surface area (TPSA) is 41.1 Å². The zero-order valence-corrected chi connectivity index (χ0v) is 9.72. The van der Waals surface area contributed by atoms with Crippen LogP contribution in [0.25, 0.3) is 0 Å². The lowest BCUT2D eigenvalue weighted by molar-refractivity contribution is -0.120. The average Bonchev–Trinajstić information content (AvgIpc) is 2.30. The normalized spacial score (nSPS) is 10.1. The number of para-hydroxylation sites is 1. The highest BCUT2D eigenvalue weighted by Crippen LogP contribution is 2.17. The summed E-state index contributed by atoms with van der Waals surface area (Å²) in [6, 6.07) is 3.63. The van der Waals surface area contributed by atoms with Crippen LogP contribution in [0.4, 0.5) is 14.5 Å². The maximum Gasteiger partial charge on any atom is 0.221 e. The van der Waals surface area contributed by atoms with Crippen LogP contribution in [-0.2, 0) is 4.79 Å². The molecule has 5 heteroatoms. The molecular formula is C12H16F2N2O. The molecule has 1 amide bonds. The Kier molecular flexibility index (Phi) is 5.39. The van der Waals surface area contributed by atoms with E-state index < -0.39 is 11.6 Å². The van der Waals surface area contributed by atoms with Gasteiger partial charge in [-0.3, -0.25) is 4.79 Å². The highest BCUT2D eigenvalue weighted by atomic mass is 19.1. The van der Waals surface area contributed by atoms with Crippen molar-refractivity contribution in [3.05, 3.63) is 29.8 Å². The first-order chi connectivity index (χ1) is 8.15. The van der Waals surface area contributed by atoms with Gasteiger partial charge in [0.05, 0.1) is 0 Å². The lowest BCUT2D eigenvalue weighted by Gasteiger charge is -2.08. The highest BCUT2D eigenvalue weighted by Gasteiger charge is 2.07. The Morgan fingerprint density at radius 2 is 1.88 bits per heavy atom. The van der Waals surface area contributed by atoms with Crippen LogP contribution in [0.15, 0.2) is 18.2 Å². The maximum absolute atomic E-state index is 13.2. The number of nitrogens with one attached hydrogen (secondary N) is 2. The lowest BCUT2D eigenvalue weighted by atomic mass is 10.2. The van der Waals surface area contributed by atoms with Crippen LogP contribution in [0.5, 0.6) is 0 Å². The van der Waals surface area contributed by atoms with E-state index in [0.717, 1.165) is 6.42 Å². The zero-order chi connectivity index (χ0) is 12.7. The quantitative estimate of drug-likeness (QED) is 0.803. The van der Waals surface area contributed by atoms with Gasteiger partial charge in [-0.25, -0.2) is 8.78 Å². The Bertz CT molecular complexity index is 363. The van der Waals surface area contributed by atoms with Crippen molar-refractivity contribution in [2.75, 3.05) is 18.4 Å². The zero-order valence-electron chi connectivity index (χ0n) is 9.72. The van der Waals surface area contributed by atoms with Crippen LogP contribution >= 0.6 is 0 Å². The predicted octanol–water partition coefficient (Wildman–Crippen LogP) is 2.29. The molecular weight excluding hydrogens is 226 g/mol. The molecule has 0 heterocycles. The first-order valence-electron chi connectivity index (χ1n) is 5.59. The summed E-state index contributed by atoms with van der Waals surface area (Å²) in [6.07, 6.45) is 1.05. The van der Waals surface area contributed by atoms with Gasteiger partial charge in [0, 0.05) is 19.5 Å². The molecule has 0 fully saturated rings. The summed E-state index contributed by atoms with van der Waals surface area (Å²) in [6.45, 7) is 2.77. The molecule has 0 aromatic heterocycles. The van der Waals surface area contributed by atoms with Gasteiger partial charge in [-0.15, -0.1) is 0 Å². The van der Waals surface area contributed by atoms with Crippen LogP contribution in [0, 0.1) is 11.6 Å². The molecule has 0 saturated carbocycles. The van der Waals surface area contributed by atoms with Gasteiger partial charge in [0.25, 0.3) is 0 Å². The Labute approximate surface area is 99.2 Å².